The fourth-order valence-corrected chi connectivity index (χ4v) is 3.39. The zero-order chi connectivity index (χ0) is 18.9. The maximum absolute atomic E-state index is 13.0. The van der Waals surface area contributed by atoms with Gasteiger partial charge in [-0.2, -0.15) is 0 Å². The highest BCUT2D eigenvalue weighted by Gasteiger charge is 2.50. The van der Waals surface area contributed by atoms with Crippen LogP contribution in [0.4, 0.5) is 5.69 Å². The molecule has 1 atom stereocenters. The van der Waals surface area contributed by atoms with Crippen molar-refractivity contribution in [1.82, 2.24) is 0 Å². The largest absolute Gasteiger partial charge is 0.494 e. The Bertz CT molecular complexity index is 844. The summed E-state index contributed by atoms with van der Waals surface area (Å²) in [6.45, 7) is 6.12. The molecular weight excluding hydrogens is 330 g/mol. The van der Waals surface area contributed by atoms with E-state index >= 15 is 0 Å². The van der Waals surface area contributed by atoms with E-state index in [0.717, 1.165) is 16.9 Å². The van der Waals surface area contributed by atoms with Gasteiger partial charge in [-0.3, -0.25) is 9.59 Å². The number of benzene rings is 2. The van der Waals surface area contributed by atoms with E-state index in [1.54, 1.807) is 11.0 Å². The number of Topliss-reactive ketones (excluding diaryl/α,β-unsaturated/α-hetero) is 1. The normalized spacial score (nSPS) is 18.8. The summed E-state index contributed by atoms with van der Waals surface area (Å²) in [5.74, 6) is 0.0894. The minimum Gasteiger partial charge on any atom is -0.494 e. The quantitative estimate of drug-likeness (QED) is 0.866. The third-order valence-electron chi connectivity index (χ3n) is 4.57. The Labute approximate surface area is 153 Å². The van der Waals surface area contributed by atoms with E-state index in [1.165, 1.54) is 6.92 Å². The van der Waals surface area contributed by atoms with Gasteiger partial charge in [-0.15, -0.1) is 0 Å². The highest BCUT2D eigenvalue weighted by Crippen LogP contribution is 2.43. The van der Waals surface area contributed by atoms with Crippen molar-refractivity contribution in [2.45, 2.75) is 39.3 Å². The molecule has 0 unspecified atom stereocenters. The maximum atomic E-state index is 13.0. The molecule has 3 rings (SSSR count). The topological polar surface area (TPSA) is 66.8 Å². The molecule has 0 radical (unpaired) electrons. The lowest BCUT2D eigenvalue weighted by atomic mass is 9.89. The molecule has 0 aliphatic carbocycles. The Kier molecular flexibility index (Phi) is 4.83. The van der Waals surface area contributed by atoms with Crippen molar-refractivity contribution in [3.05, 3.63) is 59.2 Å². The molecule has 26 heavy (non-hydrogen) atoms. The first-order valence-electron chi connectivity index (χ1n) is 8.72. The molecule has 0 bridgehead atoms. The van der Waals surface area contributed by atoms with E-state index in [9.17, 15) is 14.7 Å². The van der Waals surface area contributed by atoms with Crippen molar-refractivity contribution in [3.8, 4) is 5.75 Å². The Balaban J connectivity index is 1.95. The highest BCUT2D eigenvalue weighted by atomic mass is 16.5. The number of ether oxygens (including phenoxy) is 1. The Morgan fingerprint density at radius 2 is 1.88 bits per heavy atom. The number of nitrogens with zero attached hydrogens (tertiary/aromatic N) is 1. The molecule has 0 spiro atoms. The van der Waals surface area contributed by atoms with Crippen LogP contribution in [-0.4, -0.2) is 23.4 Å². The average Bonchev–Trinajstić information content (AvgIpc) is 2.78. The minimum atomic E-state index is -1.79. The van der Waals surface area contributed by atoms with Crippen LogP contribution in [0.1, 0.15) is 37.0 Å². The monoisotopic (exact) mass is 353 g/mol. The molecule has 1 aliphatic rings. The van der Waals surface area contributed by atoms with Crippen LogP contribution < -0.4 is 9.64 Å². The molecular formula is C21H23NO4. The molecule has 0 saturated heterocycles. The van der Waals surface area contributed by atoms with Gasteiger partial charge in [0, 0.05) is 12.0 Å². The van der Waals surface area contributed by atoms with Gasteiger partial charge < -0.3 is 14.7 Å². The van der Waals surface area contributed by atoms with Crippen LogP contribution in [0.25, 0.3) is 0 Å². The summed E-state index contributed by atoms with van der Waals surface area (Å²) < 4.78 is 5.44. The van der Waals surface area contributed by atoms with Gasteiger partial charge in [0.1, 0.15) is 11.5 Å². The van der Waals surface area contributed by atoms with Crippen LogP contribution in [-0.2, 0) is 21.7 Å². The standard InChI is InChI=1S/C21H23NO4/c1-4-26-17-8-6-16(7-9-17)13-22-19-10-5-14(2)11-18(19)21(25,20(22)24)12-15(3)23/h5-11,25H,4,12-13H2,1-3H3/t21-/m0/s1. The van der Waals surface area contributed by atoms with Gasteiger partial charge in [0.15, 0.2) is 5.60 Å². The van der Waals surface area contributed by atoms with Gasteiger partial charge in [-0.05, 0) is 44.5 Å². The number of carbonyl (C=O) groups excluding carboxylic acids is 2. The van der Waals surface area contributed by atoms with Crippen LogP contribution in [0.5, 0.6) is 5.75 Å². The maximum Gasteiger partial charge on any atom is 0.264 e. The van der Waals surface area contributed by atoms with Crippen molar-refractivity contribution in [1.29, 1.82) is 0 Å². The van der Waals surface area contributed by atoms with Crippen molar-refractivity contribution in [2.24, 2.45) is 0 Å². The first-order chi connectivity index (χ1) is 12.3. The number of anilines is 1. The number of fused-ring (bicyclic) bond motifs is 1. The number of carbonyl (C=O) groups is 2. The van der Waals surface area contributed by atoms with E-state index in [4.69, 9.17) is 4.74 Å². The summed E-state index contributed by atoms with van der Waals surface area (Å²) in [6, 6.07) is 13.0. The lowest BCUT2D eigenvalue weighted by Crippen LogP contribution is -2.41. The van der Waals surface area contributed by atoms with E-state index in [1.807, 2.05) is 50.2 Å². The summed E-state index contributed by atoms with van der Waals surface area (Å²) in [5.41, 5.74) is 1.21. The molecule has 1 heterocycles. The summed E-state index contributed by atoms with van der Waals surface area (Å²) in [4.78, 5) is 26.2. The molecule has 0 aromatic heterocycles. The fourth-order valence-electron chi connectivity index (χ4n) is 3.39. The summed E-state index contributed by atoms with van der Waals surface area (Å²) >= 11 is 0. The number of aliphatic hydroxyl groups is 1. The Morgan fingerprint density at radius 3 is 2.50 bits per heavy atom. The summed E-state index contributed by atoms with van der Waals surface area (Å²) in [7, 11) is 0. The van der Waals surface area contributed by atoms with Crippen molar-refractivity contribution >= 4 is 17.4 Å². The zero-order valence-electron chi connectivity index (χ0n) is 15.3. The Hall–Kier alpha value is -2.66. The third kappa shape index (κ3) is 3.22. The number of aryl methyl sites for hydroxylation is 1. The van der Waals surface area contributed by atoms with Gasteiger partial charge in [0.05, 0.1) is 18.8 Å². The van der Waals surface area contributed by atoms with E-state index in [0.29, 0.717) is 24.4 Å². The first-order valence-corrected chi connectivity index (χ1v) is 8.72. The molecule has 1 amide bonds. The molecule has 0 fully saturated rings. The average molecular weight is 353 g/mol. The number of rotatable bonds is 6. The highest BCUT2D eigenvalue weighted by molar-refractivity contribution is 6.08. The zero-order valence-corrected chi connectivity index (χ0v) is 15.3. The summed E-state index contributed by atoms with van der Waals surface area (Å²) in [6.07, 6.45) is -0.220. The molecule has 0 saturated carbocycles. The van der Waals surface area contributed by atoms with Crippen molar-refractivity contribution in [2.75, 3.05) is 11.5 Å². The lowest BCUT2D eigenvalue weighted by molar-refractivity contribution is -0.141. The number of hydrogen-bond donors (Lipinski definition) is 1. The van der Waals surface area contributed by atoms with Crippen LogP contribution >= 0.6 is 0 Å². The molecule has 5 heteroatoms. The van der Waals surface area contributed by atoms with E-state index in [2.05, 4.69) is 0 Å². The van der Waals surface area contributed by atoms with Gasteiger partial charge >= 0.3 is 0 Å². The number of amides is 1. The number of ketones is 1. The van der Waals surface area contributed by atoms with Crippen molar-refractivity contribution < 1.29 is 19.4 Å². The predicted octanol–water partition coefficient (Wildman–Crippen LogP) is 3.11. The second-order valence-corrected chi connectivity index (χ2v) is 6.73. The molecule has 2 aromatic carbocycles. The lowest BCUT2D eigenvalue weighted by Gasteiger charge is -2.22. The van der Waals surface area contributed by atoms with Crippen LogP contribution in [0.15, 0.2) is 42.5 Å². The van der Waals surface area contributed by atoms with Gasteiger partial charge in [0.2, 0.25) is 0 Å². The number of hydrogen-bond acceptors (Lipinski definition) is 4. The fraction of sp³-hybridized carbons (Fsp3) is 0.333. The molecule has 2 aromatic rings. The molecule has 136 valence electrons. The molecule has 5 nitrogen and oxygen atoms in total. The minimum absolute atomic E-state index is 0.220. The first kappa shape index (κ1) is 18.1. The second kappa shape index (κ2) is 6.92. The van der Waals surface area contributed by atoms with Crippen molar-refractivity contribution in [3.63, 3.8) is 0 Å². The molecule has 1 aliphatic heterocycles. The Morgan fingerprint density at radius 1 is 1.19 bits per heavy atom. The smallest absolute Gasteiger partial charge is 0.264 e. The third-order valence-corrected chi connectivity index (χ3v) is 4.57. The summed E-state index contributed by atoms with van der Waals surface area (Å²) in [5, 5.41) is 11.0. The van der Waals surface area contributed by atoms with Gasteiger partial charge in [0.25, 0.3) is 5.91 Å². The van der Waals surface area contributed by atoms with E-state index < -0.39 is 11.5 Å². The van der Waals surface area contributed by atoms with Crippen LogP contribution in [0, 0.1) is 6.92 Å². The predicted molar refractivity (Wildman–Crippen MR) is 99.2 cm³/mol. The van der Waals surface area contributed by atoms with E-state index in [-0.39, 0.29) is 12.2 Å². The van der Waals surface area contributed by atoms with Crippen LogP contribution in [0.2, 0.25) is 0 Å². The van der Waals surface area contributed by atoms with Crippen LogP contribution in [0.3, 0.4) is 0 Å². The second-order valence-electron chi connectivity index (χ2n) is 6.73. The van der Waals surface area contributed by atoms with Gasteiger partial charge in [-0.1, -0.05) is 29.8 Å². The SMILES string of the molecule is CCOc1ccc(CN2C(=O)[C@](O)(CC(C)=O)c3cc(C)ccc32)cc1. The molecule has 1 N–H and O–H groups in total. The van der Waals surface area contributed by atoms with Gasteiger partial charge in [-0.25, -0.2) is 0 Å².